The number of aryl methyl sites for hydroxylation is 1. The third kappa shape index (κ3) is 4.97. The maximum Gasteiger partial charge on any atom is 0.293 e. The van der Waals surface area contributed by atoms with E-state index in [2.05, 4.69) is 0 Å². The predicted octanol–water partition coefficient (Wildman–Crippen LogP) is 3.10. The number of hydrogen-bond acceptors (Lipinski definition) is 6. The van der Waals surface area contributed by atoms with Crippen LogP contribution in [0.4, 0.5) is 4.79 Å². The van der Waals surface area contributed by atoms with E-state index >= 15 is 0 Å². The number of carbonyl (C=O) groups excluding carboxylic acids is 3. The zero-order valence-corrected chi connectivity index (χ0v) is 16.8. The van der Waals surface area contributed by atoms with Gasteiger partial charge in [-0.3, -0.25) is 19.3 Å². The average Bonchev–Trinajstić information content (AvgIpc) is 2.94. The van der Waals surface area contributed by atoms with Gasteiger partial charge in [-0.25, -0.2) is 0 Å². The maximum absolute atomic E-state index is 12.7. The molecule has 1 aliphatic heterocycles. The van der Waals surface area contributed by atoms with Crippen LogP contribution >= 0.6 is 11.8 Å². The van der Waals surface area contributed by atoms with Crippen LogP contribution in [-0.2, 0) is 16.1 Å². The molecule has 1 fully saturated rings. The molecular formula is C21H20N2O5S. The number of ether oxygens (including phenoxy) is 2. The summed E-state index contributed by atoms with van der Waals surface area (Å²) in [4.78, 5) is 37.5. The zero-order valence-electron chi connectivity index (χ0n) is 16.0. The third-order valence-corrected chi connectivity index (χ3v) is 5.06. The molecule has 1 heterocycles. The van der Waals surface area contributed by atoms with E-state index in [0.717, 1.165) is 22.9 Å². The quantitative estimate of drug-likeness (QED) is 0.702. The number of imide groups is 1. The Labute approximate surface area is 172 Å². The standard InChI is InChI=1S/C21H20N2O5S/c1-13-4-3-5-15(8-13)11-23-20(25)18(29-21(23)26)10-14-6-7-16(17(9-14)27-2)28-12-19(22)24/h3-10H,11-12H2,1-2H3,(H2,22,24)/b18-10-. The minimum atomic E-state index is -0.599. The second kappa shape index (κ2) is 8.83. The Balaban J connectivity index is 1.79. The average molecular weight is 412 g/mol. The molecule has 2 aromatic carbocycles. The number of amides is 3. The molecule has 29 heavy (non-hydrogen) atoms. The van der Waals surface area contributed by atoms with E-state index in [0.29, 0.717) is 22.0 Å². The number of rotatable bonds is 7. The van der Waals surface area contributed by atoms with Crippen molar-refractivity contribution in [3.63, 3.8) is 0 Å². The summed E-state index contributed by atoms with van der Waals surface area (Å²) in [5.74, 6) is -0.192. The van der Waals surface area contributed by atoms with Gasteiger partial charge in [0, 0.05) is 0 Å². The van der Waals surface area contributed by atoms with Crippen molar-refractivity contribution in [3.05, 3.63) is 64.1 Å². The van der Waals surface area contributed by atoms with Crippen LogP contribution in [0.2, 0.25) is 0 Å². The lowest BCUT2D eigenvalue weighted by Crippen LogP contribution is -2.27. The van der Waals surface area contributed by atoms with Crippen molar-refractivity contribution >= 4 is 34.9 Å². The molecule has 7 nitrogen and oxygen atoms in total. The van der Waals surface area contributed by atoms with Crippen molar-refractivity contribution in [2.45, 2.75) is 13.5 Å². The van der Waals surface area contributed by atoms with Crippen LogP contribution in [0.1, 0.15) is 16.7 Å². The highest BCUT2D eigenvalue weighted by atomic mass is 32.2. The highest BCUT2D eigenvalue weighted by Crippen LogP contribution is 2.35. The van der Waals surface area contributed by atoms with Crippen LogP contribution in [0.25, 0.3) is 6.08 Å². The van der Waals surface area contributed by atoms with E-state index in [1.165, 1.54) is 12.0 Å². The molecule has 0 atom stereocenters. The number of methoxy groups -OCH3 is 1. The number of thioether (sulfide) groups is 1. The van der Waals surface area contributed by atoms with E-state index in [4.69, 9.17) is 15.2 Å². The number of carbonyl (C=O) groups is 3. The first-order valence-electron chi connectivity index (χ1n) is 8.77. The molecule has 0 radical (unpaired) electrons. The van der Waals surface area contributed by atoms with Crippen molar-refractivity contribution < 1.29 is 23.9 Å². The maximum atomic E-state index is 12.7. The molecule has 0 bridgehead atoms. The van der Waals surface area contributed by atoms with Crippen molar-refractivity contribution in [1.82, 2.24) is 4.90 Å². The molecule has 0 unspecified atom stereocenters. The van der Waals surface area contributed by atoms with Crippen molar-refractivity contribution in [3.8, 4) is 11.5 Å². The first-order valence-corrected chi connectivity index (χ1v) is 9.59. The van der Waals surface area contributed by atoms with E-state index < -0.39 is 5.91 Å². The van der Waals surface area contributed by atoms with Gasteiger partial charge in [-0.15, -0.1) is 0 Å². The predicted molar refractivity (Wildman–Crippen MR) is 110 cm³/mol. The number of hydrogen-bond donors (Lipinski definition) is 1. The number of nitrogens with two attached hydrogens (primary N) is 1. The van der Waals surface area contributed by atoms with Gasteiger partial charge in [0.2, 0.25) is 0 Å². The van der Waals surface area contributed by atoms with Gasteiger partial charge in [-0.1, -0.05) is 35.9 Å². The highest BCUT2D eigenvalue weighted by Gasteiger charge is 2.35. The van der Waals surface area contributed by atoms with Gasteiger partial charge in [0.15, 0.2) is 18.1 Å². The first kappa shape index (κ1) is 20.5. The Kier molecular flexibility index (Phi) is 6.23. The number of nitrogens with zero attached hydrogens (tertiary/aromatic N) is 1. The summed E-state index contributed by atoms with van der Waals surface area (Å²) >= 11 is 0.897. The molecular weight excluding hydrogens is 392 g/mol. The SMILES string of the molecule is COc1cc(/C=C2\SC(=O)N(Cc3cccc(C)c3)C2=O)ccc1OCC(N)=O. The summed E-state index contributed by atoms with van der Waals surface area (Å²) in [7, 11) is 1.46. The molecule has 3 rings (SSSR count). The zero-order chi connectivity index (χ0) is 21.0. The van der Waals surface area contributed by atoms with E-state index in [1.54, 1.807) is 24.3 Å². The summed E-state index contributed by atoms with van der Waals surface area (Å²) in [6.07, 6.45) is 1.63. The molecule has 1 aliphatic rings. The lowest BCUT2D eigenvalue weighted by molar-refractivity contribution is -0.123. The Hall–Kier alpha value is -3.26. The molecule has 150 valence electrons. The van der Waals surface area contributed by atoms with Crippen LogP contribution in [0, 0.1) is 6.92 Å². The monoisotopic (exact) mass is 412 g/mol. The lowest BCUT2D eigenvalue weighted by atomic mass is 10.1. The fraction of sp³-hybridized carbons (Fsp3) is 0.190. The van der Waals surface area contributed by atoms with Crippen molar-refractivity contribution in [2.24, 2.45) is 5.73 Å². The van der Waals surface area contributed by atoms with Crippen LogP contribution in [0.3, 0.4) is 0 Å². The van der Waals surface area contributed by atoms with Gasteiger partial charge in [0.25, 0.3) is 17.1 Å². The van der Waals surface area contributed by atoms with Gasteiger partial charge in [0.05, 0.1) is 18.6 Å². The molecule has 3 amide bonds. The molecule has 0 spiro atoms. The summed E-state index contributed by atoms with van der Waals surface area (Å²) in [6.45, 7) is 1.92. The minimum Gasteiger partial charge on any atom is -0.493 e. The van der Waals surface area contributed by atoms with Crippen molar-refractivity contribution in [2.75, 3.05) is 13.7 Å². The minimum absolute atomic E-state index is 0.229. The first-order chi connectivity index (χ1) is 13.9. The second-order valence-electron chi connectivity index (χ2n) is 6.42. The molecule has 0 aromatic heterocycles. The summed E-state index contributed by atoms with van der Waals surface area (Å²) in [5.41, 5.74) is 7.71. The molecule has 2 N–H and O–H groups in total. The Morgan fingerprint density at radius 2 is 1.97 bits per heavy atom. The number of benzene rings is 2. The summed E-state index contributed by atoms with van der Waals surface area (Å²) < 4.78 is 10.6. The van der Waals surface area contributed by atoms with E-state index in [9.17, 15) is 14.4 Å². The normalized spacial score (nSPS) is 15.1. The van der Waals surface area contributed by atoms with Gasteiger partial charge in [0.1, 0.15) is 0 Å². The third-order valence-electron chi connectivity index (χ3n) is 4.15. The molecule has 1 saturated heterocycles. The lowest BCUT2D eigenvalue weighted by Gasteiger charge is -2.13. The number of primary amides is 1. The smallest absolute Gasteiger partial charge is 0.293 e. The molecule has 0 saturated carbocycles. The van der Waals surface area contributed by atoms with E-state index in [1.807, 2.05) is 31.2 Å². The fourth-order valence-electron chi connectivity index (χ4n) is 2.82. The molecule has 2 aromatic rings. The van der Waals surface area contributed by atoms with Gasteiger partial charge in [-0.05, 0) is 48.0 Å². The van der Waals surface area contributed by atoms with E-state index in [-0.39, 0.29) is 24.3 Å². The van der Waals surface area contributed by atoms with Gasteiger partial charge < -0.3 is 15.2 Å². The second-order valence-corrected chi connectivity index (χ2v) is 7.42. The van der Waals surface area contributed by atoms with Crippen LogP contribution in [0.15, 0.2) is 47.4 Å². The van der Waals surface area contributed by atoms with Gasteiger partial charge >= 0.3 is 0 Å². The topological polar surface area (TPSA) is 98.9 Å². The van der Waals surface area contributed by atoms with Crippen LogP contribution in [-0.4, -0.2) is 35.7 Å². The summed E-state index contributed by atoms with van der Waals surface area (Å²) in [5, 5.41) is -0.309. The fourth-order valence-corrected chi connectivity index (χ4v) is 3.66. The van der Waals surface area contributed by atoms with Crippen molar-refractivity contribution in [1.29, 1.82) is 0 Å². The largest absolute Gasteiger partial charge is 0.493 e. The Morgan fingerprint density at radius 3 is 2.66 bits per heavy atom. The Bertz CT molecular complexity index is 1000. The highest BCUT2D eigenvalue weighted by molar-refractivity contribution is 8.18. The molecule has 8 heteroatoms. The Morgan fingerprint density at radius 1 is 1.17 bits per heavy atom. The van der Waals surface area contributed by atoms with Crippen LogP contribution < -0.4 is 15.2 Å². The van der Waals surface area contributed by atoms with Gasteiger partial charge in [-0.2, -0.15) is 0 Å². The summed E-state index contributed by atoms with van der Waals surface area (Å²) in [6, 6.07) is 12.7. The van der Waals surface area contributed by atoms with Crippen LogP contribution in [0.5, 0.6) is 11.5 Å². The molecule has 0 aliphatic carbocycles.